The molecule has 1 amide bonds. The summed E-state index contributed by atoms with van der Waals surface area (Å²) in [6.07, 6.45) is 5.03. The number of fused-ring (bicyclic) bond motifs is 1. The van der Waals surface area contributed by atoms with Crippen LogP contribution in [-0.4, -0.2) is 49.4 Å². The number of carbonyl (C=O) groups is 2. The van der Waals surface area contributed by atoms with Gasteiger partial charge in [0.2, 0.25) is 5.58 Å². The monoisotopic (exact) mass is 385 g/mol. The van der Waals surface area contributed by atoms with E-state index in [0.717, 1.165) is 4.90 Å². The Kier molecular flexibility index (Phi) is 4.19. The van der Waals surface area contributed by atoms with Gasteiger partial charge >= 0.3 is 6.09 Å². The zero-order valence-corrected chi connectivity index (χ0v) is 15.0. The highest BCUT2D eigenvalue weighted by molar-refractivity contribution is 6.04. The molecule has 0 unspecified atom stereocenters. The van der Waals surface area contributed by atoms with E-state index in [1.165, 1.54) is 6.07 Å². The number of morpholine rings is 1. The van der Waals surface area contributed by atoms with Gasteiger partial charge in [-0.05, 0) is 13.0 Å². The molecule has 2 saturated heterocycles. The molecule has 0 aliphatic carbocycles. The molecular weight excluding hydrogens is 369 g/mol. The van der Waals surface area contributed by atoms with Gasteiger partial charge in [-0.1, -0.05) is 17.7 Å². The Labute approximate surface area is 159 Å². The van der Waals surface area contributed by atoms with E-state index in [1.807, 2.05) is 6.92 Å². The van der Waals surface area contributed by atoms with E-state index in [1.54, 1.807) is 4.90 Å². The maximum atomic E-state index is 15.4. The molecule has 0 radical (unpaired) electrons. The quantitative estimate of drug-likeness (QED) is 0.593. The van der Waals surface area contributed by atoms with Crippen molar-refractivity contribution in [1.29, 1.82) is 0 Å². The lowest BCUT2D eigenvalue weighted by molar-refractivity contribution is 0.110. The normalized spacial score (nSPS) is 22.2. The number of rotatable bonds is 3. The Bertz CT molecular complexity index is 1040. The number of halogens is 1. The minimum absolute atomic E-state index is 0.00811. The van der Waals surface area contributed by atoms with Crippen LogP contribution in [0.5, 0.6) is 0 Å². The molecule has 1 aromatic heterocycles. The fourth-order valence-electron chi connectivity index (χ4n) is 3.52. The minimum atomic E-state index is -0.759. The van der Waals surface area contributed by atoms with Crippen molar-refractivity contribution in [2.45, 2.75) is 19.1 Å². The first-order valence-electron chi connectivity index (χ1n) is 8.53. The first-order chi connectivity index (χ1) is 13.4. The van der Waals surface area contributed by atoms with Crippen LogP contribution in [0.4, 0.5) is 20.7 Å². The molecule has 28 heavy (non-hydrogen) atoms. The molecule has 2 fully saturated rings. The molecule has 1 aromatic carbocycles. The number of amides is 1. The summed E-state index contributed by atoms with van der Waals surface area (Å²) in [7, 11) is 0. The number of aromatic nitrogens is 1. The molecule has 9 heteroatoms. The van der Waals surface area contributed by atoms with Crippen molar-refractivity contribution in [3.8, 4) is 12.3 Å². The van der Waals surface area contributed by atoms with Gasteiger partial charge in [-0.3, -0.25) is 4.79 Å². The first kappa shape index (κ1) is 17.9. The van der Waals surface area contributed by atoms with Gasteiger partial charge in [0, 0.05) is 5.56 Å². The third-order valence-electron chi connectivity index (χ3n) is 4.64. The van der Waals surface area contributed by atoms with Gasteiger partial charge in [-0.15, -0.1) is 6.42 Å². The molecule has 2 atom stereocenters. The fourth-order valence-corrected chi connectivity index (χ4v) is 3.52. The van der Waals surface area contributed by atoms with Crippen LogP contribution >= 0.6 is 0 Å². The molecular formula is C19H16FN3O5. The summed E-state index contributed by atoms with van der Waals surface area (Å²) < 4.78 is 31.0. The van der Waals surface area contributed by atoms with E-state index in [-0.39, 0.29) is 47.3 Å². The molecule has 0 bridgehead atoms. The number of hydrogen-bond acceptors (Lipinski definition) is 7. The highest BCUT2D eigenvalue weighted by Gasteiger charge is 2.37. The maximum absolute atomic E-state index is 15.4. The van der Waals surface area contributed by atoms with Crippen LogP contribution in [0.1, 0.15) is 17.3 Å². The van der Waals surface area contributed by atoms with E-state index < -0.39 is 18.0 Å². The molecule has 8 nitrogen and oxygen atoms in total. The highest BCUT2D eigenvalue weighted by atomic mass is 19.1. The lowest BCUT2D eigenvalue weighted by Gasteiger charge is -2.35. The second-order valence-electron chi connectivity index (χ2n) is 6.61. The van der Waals surface area contributed by atoms with E-state index in [0.29, 0.717) is 18.6 Å². The molecule has 0 N–H and O–H groups in total. The van der Waals surface area contributed by atoms with E-state index >= 15 is 4.39 Å². The zero-order chi connectivity index (χ0) is 20.0. The zero-order valence-electron chi connectivity index (χ0n) is 15.0. The van der Waals surface area contributed by atoms with E-state index in [2.05, 4.69) is 17.7 Å². The second-order valence-corrected chi connectivity index (χ2v) is 6.61. The van der Waals surface area contributed by atoms with Crippen LogP contribution in [0.15, 0.2) is 22.9 Å². The number of cyclic esters (lactones) is 1. The predicted molar refractivity (Wildman–Crippen MR) is 97.7 cm³/mol. The summed E-state index contributed by atoms with van der Waals surface area (Å²) >= 11 is 0. The predicted octanol–water partition coefficient (Wildman–Crippen LogP) is 2.48. The Hall–Kier alpha value is -3.54. The standard InChI is InChI=1S/C19H16FN3O5/c1-4-13-9-26-19(25)23(13)18-14-5-12(8-24)16(15(20)17(14)28-21-18)22-6-10(2)27-11(3)7-22/h1,5,8,11,13H,2,6-7,9H2,3H3/t11-,13+/m1/s1. The van der Waals surface area contributed by atoms with Crippen molar-refractivity contribution >= 4 is 34.9 Å². The van der Waals surface area contributed by atoms with Gasteiger partial charge in [-0.25, -0.2) is 14.1 Å². The number of carbonyl (C=O) groups excluding carboxylic acids is 2. The number of nitrogens with zero attached hydrogens (tertiary/aromatic N) is 3. The molecule has 3 heterocycles. The topological polar surface area (TPSA) is 85.1 Å². The molecule has 144 valence electrons. The number of terminal acetylenes is 1. The first-order valence-corrected chi connectivity index (χ1v) is 8.53. The average molecular weight is 385 g/mol. The Morgan fingerprint density at radius 3 is 2.96 bits per heavy atom. The van der Waals surface area contributed by atoms with Gasteiger partial charge in [0.15, 0.2) is 17.9 Å². The largest absolute Gasteiger partial charge is 0.492 e. The summed E-state index contributed by atoms with van der Waals surface area (Å²) in [6, 6.07) is 0.723. The smallest absolute Gasteiger partial charge is 0.416 e. The van der Waals surface area contributed by atoms with Crippen LogP contribution in [-0.2, 0) is 9.47 Å². The number of anilines is 2. The number of aldehydes is 1. The highest BCUT2D eigenvalue weighted by Crippen LogP contribution is 2.38. The third-order valence-corrected chi connectivity index (χ3v) is 4.64. The van der Waals surface area contributed by atoms with E-state index in [9.17, 15) is 9.59 Å². The van der Waals surface area contributed by atoms with Gasteiger partial charge in [0.25, 0.3) is 0 Å². The molecule has 2 aliphatic rings. The van der Waals surface area contributed by atoms with Crippen molar-refractivity contribution in [3.63, 3.8) is 0 Å². The van der Waals surface area contributed by atoms with Crippen molar-refractivity contribution < 1.29 is 28.0 Å². The molecule has 4 rings (SSSR count). The van der Waals surface area contributed by atoms with Crippen molar-refractivity contribution in [1.82, 2.24) is 5.16 Å². The van der Waals surface area contributed by atoms with Gasteiger partial charge in [0.1, 0.15) is 24.5 Å². The van der Waals surface area contributed by atoms with Crippen LogP contribution < -0.4 is 9.80 Å². The van der Waals surface area contributed by atoms with Gasteiger partial charge < -0.3 is 18.9 Å². The Morgan fingerprint density at radius 1 is 1.50 bits per heavy atom. The van der Waals surface area contributed by atoms with Gasteiger partial charge in [0.05, 0.1) is 24.2 Å². The van der Waals surface area contributed by atoms with E-state index in [4.69, 9.17) is 20.4 Å². The number of hydrogen-bond donors (Lipinski definition) is 0. The lowest BCUT2D eigenvalue weighted by atomic mass is 10.1. The van der Waals surface area contributed by atoms with Crippen LogP contribution in [0.3, 0.4) is 0 Å². The molecule has 0 saturated carbocycles. The summed E-state index contributed by atoms with van der Waals surface area (Å²) in [5.74, 6) is 2.13. The summed E-state index contributed by atoms with van der Waals surface area (Å²) in [6.45, 7) is 6.18. The minimum Gasteiger partial charge on any atom is -0.492 e. The van der Waals surface area contributed by atoms with Crippen LogP contribution in [0, 0.1) is 18.2 Å². The number of ether oxygens (including phenoxy) is 2. The summed E-state index contributed by atoms with van der Waals surface area (Å²) in [5.41, 5.74) is -0.0315. The lowest BCUT2D eigenvalue weighted by Crippen LogP contribution is -2.40. The Morgan fingerprint density at radius 2 is 2.29 bits per heavy atom. The second kappa shape index (κ2) is 6.56. The Balaban J connectivity index is 1.86. The third kappa shape index (κ3) is 2.65. The number of benzene rings is 1. The average Bonchev–Trinajstić information content (AvgIpc) is 3.23. The van der Waals surface area contributed by atoms with Crippen molar-refractivity contribution in [2.75, 3.05) is 29.5 Å². The van der Waals surface area contributed by atoms with Crippen molar-refractivity contribution in [3.05, 3.63) is 29.8 Å². The summed E-state index contributed by atoms with van der Waals surface area (Å²) in [4.78, 5) is 26.5. The van der Waals surface area contributed by atoms with Crippen molar-refractivity contribution in [2.24, 2.45) is 0 Å². The fraction of sp³-hybridized carbons (Fsp3) is 0.316. The van der Waals surface area contributed by atoms with Gasteiger partial charge in [-0.2, -0.15) is 0 Å². The molecule has 2 aromatic rings. The summed E-state index contributed by atoms with van der Waals surface area (Å²) in [5, 5.41) is 3.97. The SMILES string of the molecule is C#C[C@H]1COC(=O)N1c1noc2c(F)c(N3CC(=C)O[C@H](C)C3)c(C=O)cc12. The van der Waals surface area contributed by atoms with Crippen LogP contribution in [0.2, 0.25) is 0 Å². The van der Waals surface area contributed by atoms with Crippen LogP contribution in [0.25, 0.3) is 11.0 Å². The molecule has 0 spiro atoms. The maximum Gasteiger partial charge on any atom is 0.416 e. The molecule has 2 aliphatic heterocycles.